The largest absolute Gasteiger partial charge is 0.313 e. The molecule has 1 aromatic carbocycles. The summed E-state index contributed by atoms with van der Waals surface area (Å²) >= 11 is 2.05. The van der Waals surface area contributed by atoms with E-state index in [1.54, 1.807) is 0 Å². The molecule has 1 atom stereocenters. The lowest BCUT2D eigenvalue weighted by atomic mass is 10.0. The first-order valence-corrected chi connectivity index (χ1v) is 8.33. The van der Waals surface area contributed by atoms with E-state index < -0.39 is 0 Å². The Kier molecular flexibility index (Phi) is 6.95. The van der Waals surface area contributed by atoms with Crippen LogP contribution in [0, 0.1) is 6.92 Å². The SMILES string of the molecule is CCCNC(CSC(C)(C)C)Cc1ccccc1C. The van der Waals surface area contributed by atoms with Crippen molar-refractivity contribution in [2.45, 2.75) is 58.2 Å². The van der Waals surface area contributed by atoms with Gasteiger partial charge in [-0.25, -0.2) is 0 Å². The number of hydrogen-bond donors (Lipinski definition) is 1. The second kappa shape index (κ2) is 7.96. The van der Waals surface area contributed by atoms with Gasteiger partial charge in [0.1, 0.15) is 0 Å². The smallest absolute Gasteiger partial charge is 0.0198 e. The average molecular weight is 279 g/mol. The molecule has 0 radical (unpaired) electrons. The van der Waals surface area contributed by atoms with Crippen LogP contribution in [0.2, 0.25) is 0 Å². The fourth-order valence-electron chi connectivity index (χ4n) is 1.99. The molecule has 19 heavy (non-hydrogen) atoms. The van der Waals surface area contributed by atoms with Gasteiger partial charge in [0.05, 0.1) is 0 Å². The topological polar surface area (TPSA) is 12.0 Å². The van der Waals surface area contributed by atoms with Crippen molar-refractivity contribution in [2.24, 2.45) is 0 Å². The van der Waals surface area contributed by atoms with Crippen LogP contribution in [0.1, 0.15) is 45.2 Å². The molecule has 108 valence electrons. The third kappa shape index (κ3) is 7.03. The molecule has 0 aliphatic heterocycles. The van der Waals surface area contributed by atoms with Gasteiger partial charge >= 0.3 is 0 Å². The summed E-state index contributed by atoms with van der Waals surface area (Å²) in [4.78, 5) is 0. The van der Waals surface area contributed by atoms with Crippen molar-refractivity contribution >= 4 is 11.8 Å². The van der Waals surface area contributed by atoms with E-state index in [1.807, 2.05) is 0 Å². The van der Waals surface area contributed by atoms with E-state index in [1.165, 1.54) is 23.3 Å². The van der Waals surface area contributed by atoms with Crippen LogP contribution in [0.15, 0.2) is 24.3 Å². The highest BCUT2D eigenvalue weighted by Gasteiger charge is 2.16. The molecule has 2 heteroatoms. The van der Waals surface area contributed by atoms with Gasteiger partial charge in [0, 0.05) is 16.5 Å². The van der Waals surface area contributed by atoms with Crippen molar-refractivity contribution in [1.29, 1.82) is 0 Å². The van der Waals surface area contributed by atoms with Gasteiger partial charge in [-0.1, -0.05) is 52.0 Å². The molecule has 0 aliphatic rings. The van der Waals surface area contributed by atoms with E-state index in [4.69, 9.17) is 0 Å². The van der Waals surface area contributed by atoms with Crippen LogP contribution < -0.4 is 5.32 Å². The molecule has 0 saturated heterocycles. The van der Waals surface area contributed by atoms with Gasteiger partial charge in [0.15, 0.2) is 0 Å². The van der Waals surface area contributed by atoms with E-state index >= 15 is 0 Å². The molecule has 0 spiro atoms. The van der Waals surface area contributed by atoms with Crippen molar-refractivity contribution in [2.75, 3.05) is 12.3 Å². The Morgan fingerprint density at radius 3 is 2.47 bits per heavy atom. The highest BCUT2D eigenvalue weighted by molar-refractivity contribution is 8.00. The van der Waals surface area contributed by atoms with Crippen LogP contribution in [0.25, 0.3) is 0 Å². The van der Waals surface area contributed by atoms with Crippen molar-refractivity contribution in [3.05, 3.63) is 35.4 Å². The Balaban J connectivity index is 2.61. The van der Waals surface area contributed by atoms with Gasteiger partial charge in [-0.15, -0.1) is 0 Å². The summed E-state index contributed by atoms with van der Waals surface area (Å²) < 4.78 is 0.345. The molecule has 0 saturated carbocycles. The van der Waals surface area contributed by atoms with Gasteiger partial charge in [-0.3, -0.25) is 0 Å². The summed E-state index contributed by atoms with van der Waals surface area (Å²) in [6.07, 6.45) is 2.33. The minimum atomic E-state index is 0.345. The Morgan fingerprint density at radius 2 is 1.89 bits per heavy atom. The van der Waals surface area contributed by atoms with Crippen LogP contribution in [0.3, 0.4) is 0 Å². The molecule has 0 bridgehead atoms. The number of rotatable bonds is 7. The zero-order valence-electron chi connectivity index (χ0n) is 13.1. The third-order valence-electron chi connectivity index (χ3n) is 3.13. The van der Waals surface area contributed by atoms with E-state index in [-0.39, 0.29) is 0 Å². The fraction of sp³-hybridized carbons (Fsp3) is 0.647. The highest BCUT2D eigenvalue weighted by Crippen LogP contribution is 2.24. The zero-order valence-corrected chi connectivity index (χ0v) is 13.9. The number of benzene rings is 1. The summed E-state index contributed by atoms with van der Waals surface area (Å²) in [5.74, 6) is 1.18. The third-order valence-corrected chi connectivity index (χ3v) is 4.56. The maximum absolute atomic E-state index is 3.70. The van der Waals surface area contributed by atoms with Crippen LogP contribution in [0.5, 0.6) is 0 Å². The molecule has 1 nitrogen and oxygen atoms in total. The molecule has 1 rings (SSSR count). The first-order chi connectivity index (χ1) is 8.92. The second-order valence-corrected chi connectivity index (χ2v) is 8.05. The standard InChI is InChI=1S/C17H29NS/c1-6-11-18-16(13-19-17(3,4)5)12-15-10-8-7-9-14(15)2/h7-10,16,18H,6,11-13H2,1-5H3. The molecule has 1 unspecified atom stereocenters. The normalized spacial score (nSPS) is 13.5. The van der Waals surface area contributed by atoms with Crippen LogP contribution in [-0.4, -0.2) is 23.1 Å². The molecule has 0 fully saturated rings. The summed E-state index contributed by atoms with van der Waals surface area (Å²) in [5.41, 5.74) is 2.89. The summed E-state index contributed by atoms with van der Waals surface area (Å²) in [6.45, 7) is 12.4. The minimum absolute atomic E-state index is 0.345. The minimum Gasteiger partial charge on any atom is -0.313 e. The maximum Gasteiger partial charge on any atom is 0.0198 e. The van der Waals surface area contributed by atoms with E-state index in [0.29, 0.717) is 10.8 Å². The van der Waals surface area contributed by atoms with Crippen molar-refractivity contribution in [3.8, 4) is 0 Å². The van der Waals surface area contributed by atoms with Gasteiger partial charge in [0.25, 0.3) is 0 Å². The first kappa shape index (κ1) is 16.6. The van der Waals surface area contributed by atoms with Crippen molar-refractivity contribution < 1.29 is 0 Å². The van der Waals surface area contributed by atoms with E-state index in [2.05, 4.69) is 76.0 Å². The zero-order chi connectivity index (χ0) is 14.3. The maximum atomic E-state index is 3.70. The molecular formula is C17H29NS. The lowest BCUT2D eigenvalue weighted by Gasteiger charge is -2.24. The second-order valence-electron chi connectivity index (χ2n) is 6.21. The molecular weight excluding hydrogens is 250 g/mol. The predicted molar refractivity (Wildman–Crippen MR) is 89.2 cm³/mol. The lowest BCUT2D eigenvalue weighted by molar-refractivity contribution is 0.547. The van der Waals surface area contributed by atoms with Crippen molar-refractivity contribution in [3.63, 3.8) is 0 Å². The summed E-state index contributed by atoms with van der Waals surface area (Å²) in [6, 6.07) is 9.32. The molecule has 0 aromatic heterocycles. The van der Waals surface area contributed by atoms with E-state index in [9.17, 15) is 0 Å². The number of thioether (sulfide) groups is 1. The van der Waals surface area contributed by atoms with Gasteiger partial charge in [-0.2, -0.15) is 11.8 Å². The number of hydrogen-bond acceptors (Lipinski definition) is 2. The molecule has 0 heterocycles. The Hall–Kier alpha value is -0.470. The van der Waals surface area contributed by atoms with Crippen LogP contribution in [-0.2, 0) is 6.42 Å². The number of nitrogens with one attached hydrogen (secondary N) is 1. The van der Waals surface area contributed by atoms with Crippen molar-refractivity contribution in [1.82, 2.24) is 5.32 Å². The Bertz CT molecular complexity index is 368. The molecule has 1 aromatic rings. The Labute approximate surface area is 123 Å². The Morgan fingerprint density at radius 1 is 1.21 bits per heavy atom. The fourth-order valence-corrected chi connectivity index (χ4v) is 2.93. The molecule has 0 amide bonds. The average Bonchev–Trinajstić information content (AvgIpc) is 2.34. The first-order valence-electron chi connectivity index (χ1n) is 7.34. The van der Waals surface area contributed by atoms with Crippen LogP contribution >= 0.6 is 11.8 Å². The number of aryl methyl sites for hydroxylation is 1. The highest BCUT2D eigenvalue weighted by atomic mass is 32.2. The molecule has 0 aliphatic carbocycles. The summed E-state index contributed by atoms with van der Waals surface area (Å²) in [7, 11) is 0. The van der Waals surface area contributed by atoms with Gasteiger partial charge < -0.3 is 5.32 Å². The predicted octanol–water partition coefficient (Wildman–Crippen LogP) is 4.44. The quantitative estimate of drug-likeness (QED) is 0.792. The monoisotopic (exact) mass is 279 g/mol. The van der Waals surface area contributed by atoms with Crippen LogP contribution in [0.4, 0.5) is 0 Å². The van der Waals surface area contributed by atoms with Gasteiger partial charge in [-0.05, 0) is 37.4 Å². The lowest BCUT2D eigenvalue weighted by Crippen LogP contribution is -2.35. The molecule has 1 N–H and O–H groups in total. The summed E-state index contributed by atoms with van der Waals surface area (Å²) in [5, 5.41) is 3.70. The van der Waals surface area contributed by atoms with E-state index in [0.717, 1.165) is 13.0 Å². The van der Waals surface area contributed by atoms with Gasteiger partial charge in [0.2, 0.25) is 0 Å².